The molecule has 0 aliphatic heterocycles. The smallest absolute Gasteiger partial charge is 0.326 e. The van der Waals surface area contributed by atoms with Crippen molar-refractivity contribution in [2.24, 2.45) is 0 Å². The van der Waals surface area contributed by atoms with Gasteiger partial charge < -0.3 is 10.4 Å². The lowest BCUT2D eigenvalue weighted by Gasteiger charge is -2.14. The van der Waals surface area contributed by atoms with Crippen molar-refractivity contribution in [3.63, 3.8) is 0 Å². The van der Waals surface area contributed by atoms with Gasteiger partial charge >= 0.3 is 5.97 Å². The molecule has 0 aliphatic rings. The minimum absolute atomic E-state index is 0.167. The number of aliphatic carboxylic acids is 1. The number of amides is 1. The first-order valence-electron chi connectivity index (χ1n) is 5.37. The Morgan fingerprint density at radius 1 is 1.56 bits per heavy atom. The summed E-state index contributed by atoms with van der Waals surface area (Å²) in [6.07, 6.45) is 1.62. The van der Waals surface area contributed by atoms with Crippen LogP contribution in [0.1, 0.15) is 22.3 Å². The predicted octanol–water partition coefficient (Wildman–Crippen LogP) is 2.41. The van der Waals surface area contributed by atoms with Crippen molar-refractivity contribution in [1.29, 1.82) is 0 Å². The third-order valence-electron chi connectivity index (χ3n) is 2.52. The van der Waals surface area contributed by atoms with Crippen LogP contribution in [0.3, 0.4) is 0 Å². The van der Waals surface area contributed by atoms with Crippen LogP contribution in [0.25, 0.3) is 0 Å². The summed E-state index contributed by atoms with van der Waals surface area (Å²) in [5.74, 6) is -1.55. The summed E-state index contributed by atoms with van der Waals surface area (Å²) in [5, 5.41) is 11.8. The van der Waals surface area contributed by atoms with E-state index in [-0.39, 0.29) is 6.42 Å². The number of hydrogen-bond acceptors (Lipinski definition) is 2. The highest BCUT2D eigenvalue weighted by Crippen LogP contribution is 2.18. The van der Waals surface area contributed by atoms with Crippen LogP contribution in [0.5, 0.6) is 0 Å². The average Bonchev–Trinajstić information content (AvgIpc) is 2.31. The SMILES string of the molecule is C=CCC(NC(=O)c1cccc(Cl)c1C)C(=O)O. The molecule has 2 N–H and O–H groups in total. The molecule has 96 valence electrons. The van der Waals surface area contributed by atoms with E-state index in [2.05, 4.69) is 11.9 Å². The van der Waals surface area contributed by atoms with Gasteiger partial charge in [-0.05, 0) is 31.0 Å². The third-order valence-corrected chi connectivity index (χ3v) is 2.93. The predicted molar refractivity (Wildman–Crippen MR) is 69.9 cm³/mol. The molecule has 0 aliphatic carbocycles. The number of halogens is 1. The molecule has 0 fully saturated rings. The van der Waals surface area contributed by atoms with E-state index < -0.39 is 17.9 Å². The van der Waals surface area contributed by atoms with Gasteiger partial charge in [-0.2, -0.15) is 0 Å². The number of carbonyl (C=O) groups is 2. The molecular weight excluding hydrogens is 254 g/mol. The molecular formula is C13H14ClNO3. The van der Waals surface area contributed by atoms with Crippen LogP contribution in [-0.4, -0.2) is 23.0 Å². The molecule has 0 bridgehead atoms. The second-order valence-electron chi connectivity index (χ2n) is 3.80. The lowest BCUT2D eigenvalue weighted by Crippen LogP contribution is -2.40. The zero-order chi connectivity index (χ0) is 13.7. The van der Waals surface area contributed by atoms with Gasteiger partial charge in [0.2, 0.25) is 0 Å². The van der Waals surface area contributed by atoms with Crippen LogP contribution >= 0.6 is 11.6 Å². The number of rotatable bonds is 5. The summed E-state index contributed by atoms with van der Waals surface area (Å²) < 4.78 is 0. The number of carbonyl (C=O) groups excluding carboxylic acids is 1. The van der Waals surface area contributed by atoms with Crippen LogP contribution < -0.4 is 5.32 Å². The zero-order valence-electron chi connectivity index (χ0n) is 9.94. The first-order valence-corrected chi connectivity index (χ1v) is 5.74. The monoisotopic (exact) mass is 267 g/mol. The molecule has 0 heterocycles. The summed E-state index contributed by atoms with van der Waals surface area (Å²) >= 11 is 5.91. The summed E-state index contributed by atoms with van der Waals surface area (Å²) in [6.45, 7) is 5.17. The highest BCUT2D eigenvalue weighted by Gasteiger charge is 2.20. The van der Waals surface area contributed by atoms with Crippen molar-refractivity contribution in [3.8, 4) is 0 Å². The molecule has 0 saturated carbocycles. The van der Waals surface area contributed by atoms with Gasteiger partial charge in [-0.3, -0.25) is 4.79 Å². The van der Waals surface area contributed by atoms with Gasteiger partial charge in [-0.15, -0.1) is 6.58 Å². The van der Waals surface area contributed by atoms with E-state index in [0.29, 0.717) is 16.1 Å². The molecule has 1 atom stereocenters. The highest BCUT2D eigenvalue weighted by molar-refractivity contribution is 6.31. The largest absolute Gasteiger partial charge is 0.480 e. The zero-order valence-corrected chi connectivity index (χ0v) is 10.7. The molecule has 1 unspecified atom stereocenters. The molecule has 1 aromatic rings. The molecule has 0 aromatic heterocycles. The van der Waals surface area contributed by atoms with Gasteiger partial charge in [0.05, 0.1) is 0 Å². The fourth-order valence-corrected chi connectivity index (χ4v) is 1.65. The Hall–Kier alpha value is -1.81. The summed E-state index contributed by atoms with van der Waals surface area (Å²) in [4.78, 5) is 22.9. The average molecular weight is 268 g/mol. The van der Waals surface area contributed by atoms with Crippen molar-refractivity contribution >= 4 is 23.5 Å². The fraction of sp³-hybridized carbons (Fsp3) is 0.231. The highest BCUT2D eigenvalue weighted by atomic mass is 35.5. The molecule has 18 heavy (non-hydrogen) atoms. The second kappa shape index (κ2) is 6.21. The molecule has 4 nitrogen and oxygen atoms in total. The molecule has 1 aromatic carbocycles. The summed E-state index contributed by atoms with van der Waals surface area (Å²) in [7, 11) is 0. The third kappa shape index (κ3) is 3.34. The Morgan fingerprint density at radius 2 is 2.22 bits per heavy atom. The number of carboxylic acids is 1. The van der Waals surface area contributed by atoms with E-state index in [1.807, 2.05) is 0 Å². The Bertz CT molecular complexity index is 485. The minimum Gasteiger partial charge on any atom is -0.480 e. The van der Waals surface area contributed by atoms with Gasteiger partial charge in [-0.1, -0.05) is 23.7 Å². The number of benzene rings is 1. The first kappa shape index (κ1) is 14.3. The fourth-order valence-electron chi connectivity index (χ4n) is 1.48. The Balaban J connectivity index is 2.90. The van der Waals surface area contributed by atoms with Gasteiger partial charge in [-0.25, -0.2) is 4.79 Å². The van der Waals surface area contributed by atoms with Crippen LogP contribution in [-0.2, 0) is 4.79 Å². The van der Waals surface area contributed by atoms with Crippen LogP contribution in [0.2, 0.25) is 5.02 Å². The van der Waals surface area contributed by atoms with Crippen molar-refractivity contribution in [3.05, 3.63) is 47.0 Å². The van der Waals surface area contributed by atoms with Crippen LogP contribution in [0, 0.1) is 6.92 Å². The standard InChI is InChI=1S/C13H14ClNO3/c1-3-5-11(13(17)18)15-12(16)9-6-4-7-10(14)8(9)2/h3-4,6-7,11H,1,5H2,2H3,(H,15,16)(H,17,18). The van der Waals surface area contributed by atoms with Crippen LogP contribution in [0.4, 0.5) is 0 Å². The molecule has 1 rings (SSSR count). The molecule has 1 amide bonds. The normalized spacial score (nSPS) is 11.7. The summed E-state index contributed by atoms with van der Waals surface area (Å²) in [5.41, 5.74) is 0.997. The van der Waals surface area contributed by atoms with Crippen molar-refractivity contribution in [2.75, 3.05) is 0 Å². The van der Waals surface area contributed by atoms with Crippen molar-refractivity contribution < 1.29 is 14.7 Å². The minimum atomic E-state index is -1.09. The number of hydrogen-bond donors (Lipinski definition) is 2. The van der Waals surface area contributed by atoms with Crippen molar-refractivity contribution in [2.45, 2.75) is 19.4 Å². The van der Waals surface area contributed by atoms with E-state index >= 15 is 0 Å². The molecule has 0 spiro atoms. The Kier molecular flexibility index (Phi) is 4.92. The van der Waals surface area contributed by atoms with Crippen LogP contribution in [0.15, 0.2) is 30.9 Å². The number of nitrogens with one attached hydrogen (secondary N) is 1. The van der Waals surface area contributed by atoms with E-state index in [0.717, 1.165) is 0 Å². The number of carboxylic acid groups (broad SMARTS) is 1. The van der Waals surface area contributed by atoms with E-state index in [1.165, 1.54) is 6.08 Å². The maximum Gasteiger partial charge on any atom is 0.326 e. The summed E-state index contributed by atoms with van der Waals surface area (Å²) in [6, 6.07) is 3.94. The molecule has 0 radical (unpaired) electrons. The first-order chi connectivity index (χ1) is 8.47. The quantitative estimate of drug-likeness (QED) is 0.805. The lowest BCUT2D eigenvalue weighted by atomic mass is 10.1. The van der Waals surface area contributed by atoms with Crippen molar-refractivity contribution in [1.82, 2.24) is 5.32 Å². The Morgan fingerprint density at radius 3 is 2.78 bits per heavy atom. The maximum absolute atomic E-state index is 11.9. The van der Waals surface area contributed by atoms with Gasteiger partial charge in [0.25, 0.3) is 5.91 Å². The van der Waals surface area contributed by atoms with Gasteiger partial charge in [0.1, 0.15) is 6.04 Å². The Labute approximate surface area is 110 Å². The van der Waals surface area contributed by atoms with E-state index in [1.54, 1.807) is 25.1 Å². The van der Waals surface area contributed by atoms with Gasteiger partial charge in [0.15, 0.2) is 0 Å². The molecule has 0 saturated heterocycles. The lowest BCUT2D eigenvalue weighted by molar-refractivity contribution is -0.139. The topological polar surface area (TPSA) is 66.4 Å². The molecule has 5 heteroatoms. The van der Waals surface area contributed by atoms with E-state index in [9.17, 15) is 9.59 Å². The van der Waals surface area contributed by atoms with Gasteiger partial charge in [0, 0.05) is 10.6 Å². The maximum atomic E-state index is 11.9. The second-order valence-corrected chi connectivity index (χ2v) is 4.21. The van der Waals surface area contributed by atoms with E-state index in [4.69, 9.17) is 16.7 Å².